The van der Waals surface area contributed by atoms with E-state index in [1.165, 1.54) is 32.1 Å². The van der Waals surface area contributed by atoms with Gasteiger partial charge in [-0.15, -0.1) is 0 Å². The van der Waals surface area contributed by atoms with Gasteiger partial charge >= 0.3 is 0 Å². The Balaban J connectivity index is 2.17. The second kappa shape index (κ2) is 7.67. The Kier molecular flexibility index (Phi) is 6.38. The third kappa shape index (κ3) is 5.15. The van der Waals surface area contributed by atoms with Gasteiger partial charge in [-0.2, -0.15) is 5.26 Å². The van der Waals surface area contributed by atoms with E-state index in [1.807, 2.05) is 0 Å². The van der Waals surface area contributed by atoms with Crippen molar-refractivity contribution in [2.75, 3.05) is 20.3 Å². The van der Waals surface area contributed by atoms with E-state index >= 15 is 0 Å². The third-order valence-corrected chi connectivity index (χ3v) is 3.15. The van der Waals surface area contributed by atoms with E-state index < -0.39 is 0 Å². The second-order valence-electron chi connectivity index (χ2n) is 4.37. The summed E-state index contributed by atoms with van der Waals surface area (Å²) in [6.07, 6.45) is 7.71. The number of hydrogen-bond donors (Lipinski definition) is 1. The standard InChI is InChI=1S/C12H22N2O/c1-15-8-7-14-12(10-13)9-11-5-3-2-4-6-11/h11-12,14H,2-9H2,1H3. The molecule has 0 aromatic carbocycles. The van der Waals surface area contributed by atoms with Crippen molar-refractivity contribution in [3.8, 4) is 6.07 Å². The van der Waals surface area contributed by atoms with Crippen LogP contribution in [0.15, 0.2) is 0 Å². The summed E-state index contributed by atoms with van der Waals surface area (Å²) in [7, 11) is 1.68. The molecular formula is C12H22N2O. The molecule has 1 aliphatic carbocycles. The van der Waals surface area contributed by atoms with E-state index in [4.69, 9.17) is 10.00 Å². The molecule has 0 aliphatic heterocycles. The minimum Gasteiger partial charge on any atom is -0.383 e. The van der Waals surface area contributed by atoms with E-state index in [0.717, 1.165) is 18.9 Å². The lowest BCUT2D eigenvalue weighted by Crippen LogP contribution is -2.32. The Labute approximate surface area is 92.8 Å². The molecule has 1 atom stereocenters. The SMILES string of the molecule is COCCNC(C#N)CC1CCCCC1. The van der Waals surface area contributed by atoms with Crippen LogP contribution < -0.4 is 5.32 Å². The van der Waals surface area contributed by atoms with Crippen molar-refractivity contribution in [2.45, 2.75) is 44.6 Å². The molecule has 0 bridgehead atoms. The monoisotopic (exact) mass is 210 g/mol. The van der Waals surface area contributed by atoms with E-state index in [2.05, 4.69) is 11.4 Å². The fraction of sp³-hybridized carbons (Fsp3) is 0.917. The molecule has 15 heavy (non-hydrogen) atoms. The molecule has 1 rings (SSSR count). The summed E-state index contributed by atoms with van der Waals surface area (Å²) >= 11 is 0. The van der Waals surface area contributed by atoms with E-state index in [0.29, 0.717) is 6.61 Å². The molecule has 1 aliphatic rings. The number of rotatable bonds is 6. The van der Waals surface area contributed by atoms with Crippen molar-refractivity contribution in [3.63, 3.8) is 0 Å². The maximum Gasteiger partial charge on any atom is 0.0956 e. The fourth-order valence-electron chi connectivity index (χ4n) is 2.27. The van der Waals surface area contributed by atoms with Gasteiger partial charge in [-0.05, 0) is 12.3 Å². The van der Waals surface area contributed by atoms with Crippen LogP contribution >= 0.6 is 0 Å². The highest BCUT2D eigenvalue weighted by Crippen LogP contribution is 2.27. The van der Waals surface area contributed by atoms with Crippen molar-refractivity contribution in [2.24, 2.45) is 5.92 Å². The molecule has 1 saturated carbocycles. The summed E-state index contributed by atoms with van der Waals surface area (Å²) in [6.45, 7) is 1.46. The van der Waals surface area contributed by atoms with Crippen LogP contribution in [0.3, 0.4) is 0 Å². The average Bonchev–Trinajstić information content (AvgIpc) is 2.29. The Morgan fingerprint density at radius 1 is 1.40 bits per heavy atom. The quantitative estimate of drug-likeness (QED) is 0.683. The molecular weight excluding hydrogens is 188 g/mol. The molecule has 0 aromatic rings. The molecule has 0 radical (unpaired) electrons. The number of methoxy groups -OCH3 is 1. The van der Waals surface area contributed by atoms with Crippen LogP contribution in [0.5, 0.6) is 0 Å². The number of nitriles is 1. The van der Waals surface area contributed by atoms with Crippen LogP contribution in [0.4, 0.5) is 0 Å². The summed E-state index contributed by atoms with van der Waals surface area (Å²) in [5, 5.41) is 12.2. The highest BCUT2D eigenvalue weighted by molar-refractivity contribution is 4.91. The first-order valence-electron chi connectivity index (χ1n) is 5.98. The van der Waals surface area contributed by atoms with Crippen molar-refractivity contribution in [1.82, 2.24) is 5.32 Å². The lowest BCUT2D eigenvalue weighted by atomic mass is 9.85. The van der Waals surface area contributed by atoms with E-state index in [9.17, 15) is 0 Å². The van der Waals surface area contributed by atoms with E-state index in [-0.39, 0.29) is 6.04 Å². The van der Waals surface area contributed by atoms with Gasteiger partial charge in [0.25, 0.3) is 0 Å². The minimum atomic E-state index is 0.0169. The van der Waals surface area contributed by atoms with Gasteiger partial charge in [0.1, 0.15) is 0 Å². The summed E-state index contributed by atoms with van der Waals surface area (Å²) in [4.78, 5) is 0. The summed E-state index contributed by atoms with van der Waals surface area (Å²) in [5.41, 5.74) is 0. The Bertz CT molecular complexity index is 194. The van der Waals surface area contributed by atoms with Gasteiger partial charge in [-0.3, -0.25) is 5.32 Å². The Morgan fingerprint density at radius 3 is 2.73 bits per heavy atom. The molecule has 0 aromatic heterocycles. The van der Waals surface area contributed by atoms with Gasteiger partial charge in [0.05, 0.1) is 18.7 Å². The predicted molar refractivity (Wildman–Crippen MR) is 60.5 cm³/mol. The molecule has 3 nitrogen and oxygen atoms in total. The lowest BCUT2D eigenvalue weighted by molar-refractivity contribution is 0.195. The van der Waals surface area contributed by atoms with Crippen molar-refractivity contribution < 1.29 is 4.74 Å². The van der Waals surface area contributed by atoms with Gasteiger partial charge in [-0.1, -0.05) is 32.1 Å². The van der Waals surface area contributed by atoms with E-state index in [1.54, 1.807) is 7.11 Å². The maximum atomic E-state index is 9.00. The first-order valence-corrected chi connectivity index (χ1v) is 5.98. The van der Waals surface area contributed by atoms with Crippen molar-refractivity contribution in [3.05, 3.63) is 0 Å². The number of hydrogen-bond acceptors (Lipinski definition) is 3. The highest BCUT2D eigenvalue weighted by atomic mass is 16.5. The number of nitrogens with zero attached hydrogens (tertiary/aromatic N) is 1. The molecule has 0 spiro atoms. The first-order chi connectivity index (χ1) is 7.36. The molecule has 0 heterocycles. The topological polar surface area (TPSA) is 45.0 Å². The Hall–Kier alpha value is -0.590. The fourth-order valence-corrected chi connectivity index (χ4v) is 2.27. The number of nitrogens with one attached hydrogen (secondary N) is 1. The predicted octanol–water partition coefficient (Wildman–Crippen LogP) is 2.08. The normalized spacial score (nSPS) is 19.7. The zero-order chi connectivity index (χ0) is 10.9. The molecule has 86 valence electrons. The summed E-state index contributed by atoms with van der Waals surface area (Å²) < 4.78 is 4.95. The first kappa shape index (κ1) is 12.5. The van der Waals surface area contributed by atoms with Crippen LogP contribution in [0.2, 0.25) is 0 Å². The van der Waals surface area contributed by atoms with Gasteiger partial charge in [-0.25, -0.2) is 0 Å². The van der Waals surface area contributed by atoms with Gasteiger partial charge in [0.15, 0.2) is 0 Å². The largest absolute Gasteiger partial charge is 0.383 e. The molecule has 3 heteroatoms. The molecule has 0 amide bonds. The van der Waals surface area contributed by atoms with Crippen LogP contribution in [0.25, 0.3) is 0 Å². The number of ether oxygens (including phenoxy) is 1. The molecule has 0 saturated heterocycles. The molecule has 1 fully saturated rings. The van der Waals surface area contributed by atoms with Gasteiger partial charge in [0, 0.05) is 13.7 Å². The molecule has 1 unspecified atom stereocenters. The Morgan fingerprint density at radius 2 is 2.13 bits per heavy atom. The van der Waals surface area contributed by atoms with Crippen molar-refractivity contribution in [1.29, 1.82) is 5.26 Å². The second-order valence-corrected chi connectivity index (χ2v) is 4.37. The minimum absolute atomic E-state index is 0.0169. The van der Waals surface area contributed by atoms with Crippen LogP contribution in [-0.4, -0.2) is 26.3 Å². The van der Waals surface area contributed by atoms with Crippen LogP contribution in [0.1, 0.15) is 38.5 Å². The van der Waals surface area contributed by atoms with Crippen LogP contribution in [0, 0.1) is 17.2 Å². The zero-order valence-electron chi connectivity index (χ0n) is 9.67. The average molecular weight is 210 g/mol. The molecule has 1 N–H and O–H groups in total. The summed E-state index contributed by atoms with van der Waals surface area (Å²) in [5.74, 6) is 0.762. The highest BCUT2D eigenvalue weighted by Gasteiger charge is 2.18. The van der Waals surface area contributed by atoms with Crippen molar-refractivity contribution >= 4 is 0 Å². The smallest absolute Gasteiger partial charge is 0.0956 e. The maximum absolute atomic E-state index is 9.00. The van der Waals surface area contributed by atoms with Gasteiger partial charge in [0.2, 0.25) is 0 Å². The van der Waals surface area contributed by atoms with Gasteiger partial charge < -0.3 is 4.74 Å². The third-order valence-electron chi connectivity index (χ3n) is 3.15. The lowest BCUT2D eigenvalue weighted by Gasteiger charge is -2.23. The summed E-state index contributed by atoms with van der Waals surface area (Å²) in [6, 6.07) is 2.36. The zero-order valence-corrected chi connectivity index (χ0v) is 9.67. The van der Waals surface area contributed by atoms with Crippen LogP contribution in [-0.2, 0) is 4.74 Å².